The van der Waals surface area contributed by atoms with Crippen molar-refractivity contribution in [3.05, 3.63) is 34.6 Å². The van der Waals surface area contributed by atoms with Crippen LogP contribution in [0.25, 0.3) is 0 Å². The van der Waals surface area contributed by atoms with Crippen LogP contribution in [0, 0.1) is 11.7 Å². The minimum atomic E-state index is -0.386. The Labute approximate surface area is 106 Å². The van der Waals surface area contributed by atoms with E-state index in [9.17, 15) is 9.18 Å². The number of benzene rings is 1. The highest BCUT2D eigenvalue weighted by Crippen LogP contribution is 2.19. The average molecular weight is 258 g/mol. The maximum Gasteiger partial charge on any atom is 0.137 e. The van der Waals surface area contributed by atoms with Gasteiger partial charge in [-0.2, -0.15) is 0 Å². The summed E-state index contributed by atoms with van der Waals surface area (Å²) in [5.41, 5.74) is 6.16. The Morgan fingerprint density at radius 3 is 2.82 bits per heavy atom. The minimum Gasteiger partial charge on any atom is -0.330 e. The Hall–Kier alpha value is -0.930. The number of Topliss-reactive ketones (excluding diaryl/α,β-unsaturated/α-hetero) is 1. The lowest BCUT2D eigenvalue weighted by Gasteiger charge is -2.08. The first-order valence-electron chi connectivity index (χ1n) is 5.68. The second-order valence-electron chi connectivity index (χ2n) is 4.33. The number of halogens is 2. The topological polar surface area (TPSA) is 43.1 Å². The van der Waals surface area contributed by atoms with Crippen LogP contribution in [0.1, 0.15) is 25.3 Å². The van der Waals surface area contributed by atoms with Crippen molar-refractivity contribution in [2.45, 2.75) is 26.2 Å². The van der Waals surface area contributed by atoms with Crippen LogP contribution in [-0.2, 0) is 11.2 Å². The van der Waals surface area contributed by atoms with Crippen molar-refractivity contribution in [3.8, 4) is 0 Å². The summed E-state index contributed by atoms with van der Waals surface area (Å²) in [5, 5.41) is 0.310. The normalized spacial score (nSPS) is 12.5. The first-order chi connectivity index (χ1) is 8.02. The first-order valence-corrected chi connectivity index (χ1v) is 6.06. The number of hydrogen-bond donors (Lipinski definition) is 1. The Morgan fingerprint density at radius 1 is 1.53 bits per heavy atom. The van der Waals surface area contributed by atoms with Gasteiger partial charge in [0, 0.05) is 17.9 Å². The van der Waals surface area contributed by atoms with Crippen LogP contribution < -0.4 is 5.73 Å². The van der Waals surface area contributed by atoms with Gasteiger partial charge in [0.05, 0.1) is 0 Å². The Kier molecular flexibility index (Phi) is 5.59. The van der Waals surface area contributed by atoms with Crippen LogP contribution in [0.2, 0.25) is 5.02 Å². The summed E-state index contributed by atoms with van der Waals surface area (Å²) in [6, 6.07) is 4.10. The van der Waals surface area contributed by atoms with E-state index in [1.165, 1.54) is 12.1 Å². The van der Waals surface area contributed by atoms with Crippen molar-refractivity contribution >= 4 is 17.4 Å². The Morgan fingerprint density at radius 2 is 2.24 bits per heavy atom. The molecule has 0 aliphatic heterocycles. The van der Waals surface area contributed by atoms with Crippen LogP contribution >= 0.6 is 11.6 Å². The van der Waals surface area contributed by atoms with Crippen LogP contribution in [0.5, 0.6) is 0 Å². The van der Waals surface area contributed by atoms with Gasteiger partial charge in [0.2, 0.25) is 0 Å². The van der Waals surface area contributed by atoms with Crippen molar-refractivity contribution < 1.29 is 9.18 Å². The van der Waals surface area contributed by atoms with Crippen LogP contribution in [0.3, 0.4) is 0 Å². The molecule has 0 aromatic heterocycles. The van der Waals surface area contributed by atoms with E-state index >= 15 is 0 Å². The number of ketones is 1. The molecule has 0 saturated carbocycles. The average Bonchev–Trinajstić information content (AvgIpc) is 2.29. The highest BCUT2D eigenvalue weighted by atomic mass is 35.5. The third-order valence-electron chi connectivity index (χ3n) is 2.72. The van der Waals surface area contributed by atoms with Crippen LogP contribution in [0.4, 0.5) is 4.39 Å². The van der Waals surface area contributed by atoms with E-state index in [1.807, 2.05) is 6.92 Å². The molecule has 1 unspecified atom stereocenters. The molecule has 2 nitrogen and oxygen atoms in total. The maximum atomic E-state index is 12.8. The van der Waals surface area contributed by atoms with Gasteiger partial charge in [-0.25, -0.2) is 4.39 Å². The molecule has 0 fully saturated rings. The lowest BCUT2D eigenvalue weighted by molar-refractivity contribution is -0.118. The molecule has 0 bridgehead atoms. The molecule has 0 spiro atoms. The van der Waals surface area contributed by atoms with Gasteiger partial charge >= 0.3 is 0 Å². The third-order valence-corrected chi connectivity index (χ3v) is 3.07. The highest BCUT2D eigenvalue weighted by Gasteiger charge is 2.09. The van der Waals surface area contributed by atoms with E-state index in [0.717, 1.165) is 6.42 Å². The van der Waals surface area contributed by atoms with Gasteiger partial charge in [0.25, 0.3) is 0 Å². The monoisotopic (exact) mass is 257 g/mol. The molecular weight excluding hydrogens is 241 g/mol. The zero-order valence-corrected chi connectivity index (χ0v) is 10.6. The van der Waals surface area contributed by atoms with Crippen LogP contribution in [0.15, 0.2) is 18.2 Å². The highest BCUT2D eigenvalue weighted by molar-refractivity contribution is 6.31. The quantitative estimate of drug-likeness (QED) is 0.851. The molecule has 0 amide bonds. The second kappa shape index (κ2) is 6.72. The number of hydrogen-bond acceptors (Lipinski definition) is 2. The third kappa shape index (κ3) is 4.84. The number of nitrogens with two attached hydrogens (primary N) is 1. The summed E-state index contributed by atoms with van der Waals surface area (Å²) < 4.78 is 12.8. The van der Waals surface area contributed by atoms with Crippen molar-refractivity contribution in [2.24, 2.45) is 11.7 Å². The van der Waals surface area contributed by atoms with Gasteiger partial charge in [-0.1, -0.05) is 24.6 Å². The Balaban J connectivity index is 2.50. The number of rotatable bonds is 6. The molecule has 1 atom stereocenters. The van der Waals surface area contributed by atoms with Crippen molar-refractivity contribution in [1.82, 2.24) is 0 Å². The molecule has 0 aliphatic carbocycles. The molecule has 1 rings (SSSR count). The zero-order valence-electron chi connectivity index (χ0n) is 9.88. The molecular formula is C13H17ClFNO. The van der Waals surface area contributed by atoms with Crippen molar-refractivity contribution in [3.63, 3.8) is 0 Å². The van der Waals surface area contributed by atoms with Gasteiger partial charge in [0.15, 0.2) is 0 Å². The predicted octanol–water partition coefficient (Wildman–Crippen LogP) is 2.97. The summed E-state index contributed by atoms with van der Waals surface area (Å²) in [4.78, 5) is 11.7. The summed E-state index contributed by atoms with van der Waals surface area (Å²) in [7, 11) is 0. The lowest BCUT2D eigenvalue weighted by atomic mass is 10.00. The molecule has 0 saturated heterocycles. The van der Waals surface area contributed by atoms with E-state index < -0.39 is 0 Å². The Bertz CT molecular complexity index is 395. The standard InChI is InChI=1S/C13H17ClFNO/c1-9(8-16)2-5-12(17)6-10-3-4-11(15)7-13(10)14/h3-4,7,9H,2,5-6,8,16H2,1H3. The minimum absolute atomic E-state index is 0.110. The molecule has 0 heterocycles. The molecule has 17 heavy (non-hydrogen) atoms. The summed E-state index contributed by atoms with van der Waals surface area (Å²) >= 11 is 5.85. The summed E-state index contributed by atoms with van der Waals surface area (Å²) in [6.45, 7) is 2.60. The lowest BCUT2D eigenvalue weighted by Crippen LogP contribution is -2.13. The predicted molar refractivity (Wildman–Crippen MR) is 67.6 cm³/mol. The summed E-state index contributed by atoms with van der Waals surface area (Å²) in [6.07, 6.45) is 1.54. The number of carbonyl (C=O) groups is 1. The first kappa shape index (κ1) is 14.1. The molecule has 4 heteroatoms. The second-order valence-corrected chi connectivity index (χ2v) is 4.74. The molecule has 0 radical (unpaired) electrons. The molecule has 0 aliphatic rings. The maximum absolute atomic E-state index is 12.8. The van der Waals surface area contributed by atoms with Gasteiger partial charge in [0.1, 0.15) is 11.6 Å². The fourth-order valence-electron chi connectivity index (χ4n) is 1.49. The van der Waals surface area contributed by atoms with Crippen molar-refractivity contribution in [1.29, 1.82) is 0 Å². The largest absolute Gasteiger partial charge is 0.330 e. The molecule has 1 aromatic carbocycles. The van der Waals surface area contributed by atoms with Gasteiger partial charge in [-0.05, 0) is 36.6 Å². The van der Waals surface area contributed by atoms with E-state index in [4.69, 9.17) is 17.3 Å². The van der Waals surface area contributed by atoms with E-state index in [1.54, 1.807) is 6.07 Å². The molecule has 94 valence electrons. The van der Waals surface area contributed by atoms with E-state index in [0.29, 0.717) is 29.5 Å². The van der Waals surface area contributed by atoms with Crippen LogP contribution in [-0.4, -0.2) is 12.3 Å². The van der Waals surface area contributed by atoms with Gasteiger partial charge < -0.3 is 5.73 Å². The molecule has 2 N–H and O–H groups in total. The SMILES string of the molecule is CC(CN)CCC(=O)Cc1ccc(F)cc1Cl. The summed E-state index contributed by atoms with van der Waals surface area (Å²) in [5.74, 6) is 0.0735. The van der Waals surface area contributed by atoms with Gasteiger partial charge in [-0.15, -0.1) is 0 Å². The van der Waals surface area contributed by atoms with E-state index in [2.05, 4.69) is 0 Å². The fraction of sp³-hybridized carbons (Fsp3) is 0.462. The molecule has 1 aromatic rings. The van der Waals surface area contributed by atoms with Crippen molar-refractivity contribution in [2.75, 3.05) is 6.54 Å². The van der Waals surface area contributed by atoms with Gasteiger partial charge in [-0.3, -0.25) is 4.79 Å². The van der Waals surface area contributed by atoms with E-state index in [-0.39, 0.29) is 18.0 Å². The zero-order chi connectivity index (χ0) is 12.8. The number of carbonyl (C=O) groups excluding carboxylic acids is 1. The fourth-order valence-corrected chi connectivity index (χ4v) is 1.73. The smallest absolute Gasteiger partial charge is 0.137 e.